The Morgan fingerprint density at radius 1 is 1.57 bits per heavy atom. The molecule has 0 radical (unpaired) electrons. The zero-order valence-electron chi connectivity index (χ0n) is 7.84. The first-order chi connectivity index (χ1) is 6.63. The maximum atomic E-state index is 8.81. The summed E-state index contributed by atoms with van der Waals surface area (Å²) in [6.07, 6.45) is 0. The van der Waals surface area contributed by atoms with E-state index in [-0.39, 0.29) is 12.5 Å². The van der Waals surface area contributed by atoms with Gasteiger partial charge in [-0.15, -0.1) is 0 Å². The Balaban J connectivity index is 2.59. The van der Waals surface area contributed by atoms with Crippen molar-refractivity contribution in [2.75, 3.05) is 13.2 Å². The molecule has 2 nitrogen and oxygen atoms in total. The summed E-state index contributed by atoms with van der Waals surface area (Å²) in [4.78, 5) is 0. The SMILES string of the molecule is CC(CO)COc1ccc(Cl)cc1Br. The summed E-state index contributed by atoms with van der Waals surface area (Å²) in [5.41, 5.74) is 0. The van der Waals surface area contributed by atoms with Crippen molar-refractivity contribution < 1.29 is 9.84 Å². The molecule has 1 rings (SSSR count). The molecular weight excluding hydrogens is 267 g/mol. The van der Waals surface area contributed by atoms with Gasteiger partial charge in [-0.05, 0) is 34.1 Å². The highest BCUT2D eigenvalue weighted by Gasteiger charge is 2.04. The molecule has 0 aromatic heterocycles. The van der Waals surface area contributed by atoms with Crippen LogP contribution in [0.1, 0.15) is 6.92 Å². The highest BCUT2D eigenvalue weighted by molar-refractivity contribution is 9.10. The number of hydrogen-bond acceptors (Lipinski definition) is 2. The number of aliphatic hydroxyl groups is 1. The lowest BCUT2D eigenvalue weighted by Crippen LogP contribution is -2.12. The van der Waals surface area contributed by atoms with Gasteiger partial charge in [-0.1, -0.05) is 18.5 Å². The van der Waals surface area contributed by atoms with Crippen molar-refractivity contribution in [3.8, 4) is 5.75 Å². The van der Waals surface area contributed by atoms with Gasteiger partial charge in [0.05, 0.1) is 11.1 Å². The van der Waals surface area contributed by atoms with Gasteiger partial charge >= 0.3 is 0 Å². The Hall–Kier alpha value is -0.250. The number of benzene rings is 1. The van der Waals surface area contributed by atoms with E-state index in [9.17, 15) is 0 Å². The Morgan fingerprint density at radius 2 is 2.29 bits per heavy atom. The van der Waals surface area contributed by atoms with E-state index in [1.165, 1.54) is 0 Å². The van der Waals surface area contributed by atoms with Crippen LogP contribution in [0.15, 0.2) is 22.7 Å². The van der Waals surface area contributed by atoms with Crippen molar-refractivity contribution in [1.82, 2.24) is 0 Å². The summed E-state index contributed by atoms with van der Waals surface area (Å²) < 4.78 is 6.31. The lowest BCUT2D eigenvalue weighted by Gasteiger charge is -2.11. The van der Waals surface area contributed by atoms with Crippen LogP contribution in [0.5, 0.6) is 5.75 Å². The summed E-state index contributed by atoms with van der Waals surface area (Å²) in [5.74, 6) is 0.882. The van der Waals surface area contributed by atoms with Gasteiger partial charge in [0.1, 0.15) is 5.75 Å². The summed E-state index contributed by atoms with van der Waals surface area (Å²) in [7, 11) is 0. The van der Waals surface area contributed by atoms with Gasteiger partial charge in [-0.25, -0.2) is 0 Å². The van der Waals surface area contributed by atoms with Gasteiger partial charge in [0.15, 0.2) is 0 Å². The Kier molecular flexibility index (Phi) is 4.72. The molecule has 0 aliphatic rings. The molecule has 1 unspecified atom stereocenters. The molecule has 1 aromatic carbocycles. The van der Waals surface area contributed by atoms with Crippen LogP contribution >= 0.6 is 27.5 Å². The minimum atomic E-state index is 0.130. The molecule has 0 heterocycles. The normalized spacial score (nSPS) is 12.6. The highest BCUT2D eigenvalue weighted by atomic mass is 79.9. The fourth-order valence-electron chi connectivity index (χ4n) is 0.877. The third-order valence-corrected chi connectivity index (χ3v) is 2.58. The quantitative estimate of drug-likeness (QED) is 0.917. The monoisotopic (exact) mass is 278 g/mol. The first-order valence-corrected chi connectivity index (χ1v) is 5.49. The third-order valence-electron chi connectivity index (χ3n) is 1.73. The van der Waals surface area contributed by atoms with E-state index < -0.39 is 0 Å². The molecule has 0 spiro atoms. The van der Waals surface area contributed by atoms with Gasteiger partial charge in [-0.3, -0.25) is 0 Å². The average molecular weight is 280 g/mol. The largest absolute Gasteiger partial charge is 0.492 e. The molecule has 0 fully saturated rings. The van der Waals surface area contributed by atoms with Crippen LogP contribution in [0.3, 0.4) is 0 Å². The standard InChI is InChI=1S/C10H12BrClO2/c1-7(5-13)6-14-10-3-2-8(12)4-9(10)11/h2-4,7,13H,5-6H2,1H3. The van der Waals surface area contributed by atoms with Crippen LogP contribution in [0.2, 0.25) is 5.02 Å². The van der Waals surface area contributed by atoms with Crippen LogP contribution in [-0.4, -0.2) is 18.3 Å². The van der Waals surface area contributed by atoms with Crippen molar-refractivity contribution in [2.45, 2.75) is 6.92 Å². The lowest BCUT2D eigenvalue weighted by atomic mass is 10.2. The van der Waals surface area contributed by atoms with Crippen LogP contribution in [0, 0.1) is 5.92 Å². The van der Waals surface area contributed by atoms with Crippen molar-refractivity contribution in [2.24, 2.45) is 5.92 Å². The molecule has 1 atom stereocenters. The molecule has 78 valence electrons. The zero-order chi connectivity index (χ0) is 10.6. The second-order valence-corrected chi connectivity index (χ2v) is 4.46. The number of aliphatic hydroxyl groups excluding tert-OH is 1. The number of ether oxygens (including phenoxy) is 1. The van der Waals surface area contributed by atoms with E-state index in [0.717, 1.165) is 10.2 Å². The Morgan fingerprint density at radius 3 is 2.86 bits per heavy atom. The first-order valence-electron chi connectivity index (χ1n) is 4.32. The molecule has 0 saturated carbocycles. The fourth-order valence-corrected chi connectivity index (χ4v) is 1.67. The Bertz CT molecular complexity index is 304. The van der Waals surface area contributed by atoms with Crippen LogP contribution in [0.4, 0.5) is 0 Å². The summed E-state index contributed by atoms with van der Waals surface area (Å²) in [6.45, 7) is 2.55. The van der Waals surface area contributed by atoms with E-state index in [2.05, 4.69) is 15.9 Å². The van der Waals surface area contributed by atoms with Gasteiger partial charge in [0, 0.05) is 17.5 Å². The van der Waals surface area contributed by atoms with Gasteiger partial charge in [0.25, 0.3) is 0 Å². The second-order valence-electron chi connectivity index (χ2n) is 3.17. The van der Waals surface area contributed by atoms with Crippen LogP contribution in [0.25, 0.3) is 0 Å². The van der Waals surface area contributed by atoms with E-state index >= 15 is 0 Å². The van der Waals surface area contributed by atoms with Gasteiger partial charge in [0.2, 0.25) is 0 Å². The number of rotatable bonds is 4. The topological polar surface area (TPSA) is 29.5 Å². The van der Waals surface area contributed by atoms with Crippen molar-refractivity contribution in [3.05, 3.63) is 27.7 Å². The van der Waals surface area contributed by atoms with Crippen molar-refractivity contribution >= 4 is 27.5 Å². The lowest BCUT2D eigenvalue weighted by molar-refractivity contribution is 0.174. The smallest absolute Gasteiger partial charge is 0.133 e. The maximum Gasteiger partial charge on any atom is 0.133 e. The first kappa shape index (κ1) is 11.8. The van der Waals surface area contributed by atoms with E-state index in [1.54, 1.807) is 18.2 Å². The van der Waals surface area contributed by atoms with Gasteiger partial charge in [-0.2, -0.15) is 0 Å². The molecular formula is C10H12BrClO2. The second kappa shape index (κ2) is 5.59. The minimum Gasteiger partial charge on any atom is -0.492 e. The molecule has 14 heavy (non-hydrogen) atoms. The summed E-state index contributed by atoms with van der Waals surface area (Å²) in [5, 5.41) is 9.48. The summed E-state index contributed by atoms with van der Waals surface area (Å²) >= 11 is 9.13. The number of halogens is 2. The molecule has 1 N–H and O–H groups in total. The third kappa shape index (κ3) is 3.48. The van der Waals surface area contributed by atoms with E-state index in [0.29, 0.717) is 11.6 Å². The maximum absolute atomic E-state index is 8.81. The molecule has 0 aliphatic carbocycles. The van der Waals surface area contributed by atoms with Crippen LogP contribution in [-0.2, 0) is 0 Å². The molecule has 0 aliphatic heterocycles. The minimum absolute atomic E-state index is 0.130. The highest BCUT2D eigenvalue weighted by Crippen LogP contribution is 2.28. The predicted octanol–water partition coefficient (Wildman–Crippen LogP) is 3.11. The molecule has 0 amide bonds. The zero-order valence-corrected chi connectivity index (χ0v) is 10.2. The van der Waals surface area contributed by atoms with Crippen LogP contribution < -0.4 is 4.74 Å². The van der Waals surface area contributed by atoms with Gasteiger partial charge < -0.3 is 9.84 Å². The van der Waals surface area contributed by atoms with E-state index in [1.807, 2.05) is 6.92 Å². The van der Waals surface area contributed by atoms with Crippen molar-refractivity contribution in [1.29, 1.82) is 0 Å². The molecule has 1 aromatic rings. The summed E-state index contributed by atoms with van der Waals surface area (Å²) in [6, 6.07) is 5.35. The molecule has 0 bridgehead atoms. The number of hydrogen-bond donors (Lipinski definition) is 1. The molecule has 0 saturated heterocycles. The van der Waals surface area contributed by atoms with Crippen molar-refractivity contribution in [3.63, 3.8) is 0 Å². The predicted molar refractivity (Wildman–Crippen MR) is 60.9 cm³/mol. The fraction of sp³-hybridized carbons (Fsp3) is 0.400. The average Bonchev–Trinajstić information content (AvgIpc) is 2.16. The Labute approximate surface area is 97.0 Å². The van der Waals surface area contributed by atoms with E-state index in [4.69, 9.17) is 21.4 Å². The molecule has 4 heteroatoms.